The van der Waals surface area contributed by atoms with Gasteiger partial charge in [0.05, 0.1) is 0 Å². The lowest BCUT2D eigenvalue weighted by Crippen LogP contribution is -2.43. The number of carboxylic acids is 2. The Kier molecular flexibility index (Phi) is 10.2. The first kappa shape index (κ1) is 18.6. The maximum atomic E-state index is 11.3. The van der Waals surface area contributed by atoms with Crippen molar-refractivity contribution in [2.75, 3.05) is 11.5 Å². The highest BCUT2D eigenvalue weighted by Gasteiger charge is 2.29. The zero-order valence-corrected chi connectivity index (χ0v) is 12.9. The summed E-state index contributed by atoms with van der Waals surface area (Å²) in [6.45, 7) is 0. The largest absolute Gasteiger partial charge is 0.550 e. The van der Waals surface area contributed by atoms with E-state index in [0.29, 0.717) is 37.2 Å². The van der Waals surface area contributed by atoms with Gasteiger partial charge in [-0.05, 0) is 43.6 Å². The third kappa shape index (κ3) is 7.72. The molecule has 0 unspecified atom stereocenters. The van der Waals surface area contributed by atoms with Gasteiger partial charge < -0.3 is 19.8 Å². The molecule has 0 aliphatic heterocycles. The van der Waals surface area contributed by atoms with Crippen LogP contribution in [0.25, 0.3) is 0 Å². The van der Waals surface area contributed by atoms with Gasteiger partial charge in [-0.2, -0.15) is 25.3 Å². The Morgan fingerprint density at radius 3 is 1.79 bits per heavy atom. The molecule has 0 N–H and O–H groups in total. The second kappa shape index (κ2) is 10.4. The van der Waals surface area contributed by atoms with Gasteiger partial charge >= 0.3 is 0 Å². The van der Waals surface area contributed by atoms with Crippen molar-refractivity contribution in [3.05, 3.63) is 0 Å². The molecule has 0 aromatic heterocycles. The molecule has 0 aliphatic rings. The first-order valence-electron chi connectivity index (χ1n) is 6.61. The highest BCUT2D eigenvalue weighted by atomic mass is 32.1. The fourth-order valence-electron chi connectivity index (χ4n) is 2.20. The van der Waals surface area contributed by atoms with Crippen molar-refractivity contribution in [3.8, 4) is 0 Å². The van der Waals surface area contributed by atoms with Crippen LogP contribution in [0.2, 0.25) is 0 Å². The Morgan fingerprint density at radius 1 is 0.842 bits per heavy atom. The highest BCUT2D eigenvalue weighted by Crippen LogP contribution is 2.33. The molecule has 0 rings (SSSR count). The Labute approximate surface area is 125 Å². The third-order valence-corrected chi connectivity index (χ3v) is 3.85. The van der Waals surface area contributed by atoms with Gasteiger partial charge in [0, 0.05) is 17.4 Å². The van der Waals surface area contributed by atoms with Crippen LogP contribution in [0, 0.1) is 5.41 Å². The smallest absolute Gasteiger partial charge is 0.0476 e. The molecule has 0 fully saturated rings. The van der Waals surface area contributed by atoms with Gasteiger partial charge in [0.25, 0.3) is 0 Å². The topological polar surface area (TPSA) is 80.3 Å². The lowest BCUT2D eigenvalue weighted by atomic mass is 9.77. The Morgan fingerprint density at radius 2 is 1.37 bits per heavy atom. The van der Waals surface area contributed by atoms with E-state index < -0.39 is 17.4 Å². The van der Waals surface area contributed by atoms with E-state index >= 15 is 0 Å². The maximum Gasteiger partial charge on any atom is 0.0476 e. The fourth-order valence-corrected chi connectivity index (χ4v) is 3.05. The average molecular weight is 306 g/mol. The molecule has 0 aliphatic carbocycles. The molecule has 0 aromatic carbocycles. The van der Waals surface area contributed by atoms with Gasteiger partial charge in [-0.3, -0.25) is 0 Å². The third-order valence-electron chi connectivity index (χ3n) is 3.40. The van der Waals surface area contributed by atoms with Crippen LogP contribution in [0.15, 0.2) is 0 Å². The lowest BCUT2D eigenvalue weighted by Gasteiger charge is -2.34. The summed E-state index contributed by atoms with van der Waals surface area (Å²) in [4.78, 5) is 21.6. The molecule has 0 heterocycles. The molecule has 0 aromatic rings. The summed E-state index contributed by atoms with van der Waals surface area (Å²) in [7, 11) is 0. The van der Waals surface area contributed by atoms with Crippen LogP contribution >= 0.6 is 25.3 Å². The summed E-state index contributed by atoms with van der Waals surface area (Å²) < 4.78 is 0. The van der Waals surface area contributed by atoms with Crippen LogP contribution < -0.4 is 10.2 Å². The highest BCUT2D eigenvalue weighted by molar-refractivity contribution is 7.80. The van der Waals surface area contributed by atoms with Crippen LogP contribution in [-0.4, -0.2) is 23.4 Å². The van der Waals surface area contributed by atoms with Crippen molar-refractivity contribution in [1.29, 1.82) is 0 Å². The van der Waals surface area contributed by atoms with Gasteiger partial charge in [0.1, 0.15) is 0 Å². The molecule has 6 heteroatoms. The zero-order valence-electron chi connectivity index (χ0n) is 11.1. The molecule has 0 amide bonds. The molecule has 112 valence electrons. The SMILES string of the molecule is O=C([O-])CCCCCCC(CCS)(CCS)C(=O)[O-]. The normalized spacial score (nSPS) is 11.5. The van der Waals surface area contributed by atoms with Crippen molar-refractivity contribution >= 4 is 37.2 Å². The number of rotatable bonds is 12. The van der Waals surface area contributed by atoms with Gasteiger partial charge in [0.2, 0.25) is 0 Å². The molecule has 0 saturated heterocycles. The second-order valence-corrected chi connectivity index (χ2v) is 5.70. The summed E-state index contributed by atoms with van der Waals surface area (Å²) in [5.41, 5.74) is -0.835. The number of thiol groups is 2. The molecule has 4 nitrogen and oxygen atoms in total. The number of aliphatic carboxylic acids is 2. The zero-order chi connectivity index (χ0) is 14.7. The quantitative estimate of drug-likeness (QED) is 0.405. The van der Waals surface area contributed by atoms with Gasteiger partial charge in [-0.25, -0.2) is 0 Å². The van der Waals surface area contributed by atoms with E-state index in [1.165, 1.54) is 0 Å². The van der Waals surface area contributed by atoms with Crippen molar-refractivity contribution < 1.29 is 19.8 Å². The van der Waals surface area contributed by atoms with E-state index in [4.69, 9.17) is 0 Å². The molecule has 0 bridgehead atoms. The monoisotopic (exact) mass is 306 g/mol. The number of hydrogen-bond donors (Lipinski definition) is 2. The number of carbonyl (C=O) groups excluding carboxylic acids is 2. The van der Waals surface area contributed by atoms with Gasteiger partial charge in [-0.1, -0.05) is 19.3 Å². The number of unbranched alkanes of at least 4 members (excludes halogenated alkanes) is 3. The Balaban J connectivity index is 4.11. The Bertz CT molecular complexity index is 276. The summed E-state index contributed by atoms with van der Waals surface area (Å²) >= 11 is 8.23. The lowest BCUT2D eigenvalue weighted by molar-refractivity contribution is -0.320. The minimum Gasteiger partial charge on any atom is -0.550 e. The van der Waals surface area contributed by atoms with Crippen LogP contribution in [0.3, 0.4) is 0 Å². The summed E-state index contributed by atoms with van der Waals surface area (Å²) in [6, 6.07) is 0. The minimum atomic E-state index is -1.03. The fraction of sp³-hybridized carbons (Fsp3) is 0.846. The predicted molar refractivity (Wildman–Crippen MR) is 77.1 cm³/mol. The van der Waals surface area contributed by atoms with E-state index in [9.17, 15) is 19.8 Å². The number of carboxylic acid groups (broad SMARTS) is 2. The standard InChI is InChI=1S/C13H24O4S2/c14-11(15)5-3-1-2-4-6-13(7-9-18,8-10-19)12(16)17/h18-19H,1-10H2,(H,14,15)(H,16,17)/p-2. The first-order valence-corrected chi connectivity index (χ1v) is 7.88. The first-order chi connectivity index (χ1) is 8.98. The van der Waals surface area contributed by atoms with Gasteiger partial charge in [-0.15, -0.1) is 0 Å². The van der Waals surface area contributed by atoms with E-state index in [-0.39, 0.29) is 6.42 Å². The molecule has 0 saturated carbocycles. The van der Waals surface area contributed by atoms with Gasteiger partial charge in [0.15, 0.2) is 0 Å². The van der Waals surface area contributed by atoms with Crippen LogP contribution in [0.1, 0.15) is 51.4 Å². The van der Waals surface area contributed by atoms with E-state index in [0.717, 1.165) is 19.3 Å². The van der Waals surface area contributed by atoms with E-state index in [1.807, 2.05) is 0 Å². The van der Waals surface area contributed by atoms with Crippen molar-refractivity contribution in [1.82, 2.24) is 0 Å². The van der Waals surface area contributed by atoms with E-state index in [2.05, 4.69) is 25.3 Å². The summed E-state index contributed by atoms with van der Waals surface area (Å²) in [5.74, 6) is -1.04. The molecule has 19 heavy (non-hydrogen) atoms. The maximum absolute atomic E-state index is 11.3. The average Bonchev–Trinajstić information content (AvgIpc) is 2.33. The summed E-state index contributed by atoms with van der Waals surface area (Å²) in [6.07, 6.45) is 4.51. The molecule has 0 radical (unpaired) electrons. The number of hydrogen-bond acceptors (Lipinski definition) is 6. The van der Waals surface area contributed by atoms with Crippen LogP contribution in [-0.2, 0) is 9.59 Å². The predicted octanol–water partition coefficient (Wildman–Crippen LogP) is 0.453. The molecular formula is C13H22O4S2-2. The van der Waals surface area contributed by atoms with E-state index in [1.54, 1.807) is 0 Å². The van der Waals surface area contributed by atoms with Crippen molar-refractivity contribution in [2.45, 2.75) is 51.4 Å². The van der Waals surface area contributed by atoms with Crippen molar-refractivity contribution in [3.63, 3.8) is 0 Å². The summed E-state index contributed by atoms with van der Waals surface area (Å²) in [5, 5.41) is 21.6. The van der Waals surface area contributed by atoms with Crippen LogP contribution in [0.5, 0.6) is 0 Å². The molecule has 0 atom stereocenters. The molecule has 0 spiro atoms. The number of carbonyl (C=O) groups is 2. The van der Waals surface area contributed by atoms with Crippen molar-refractivity contribution in [2.24, 2.45) is 5.41 Å². The molecular weight excluding hydrogens is 284 g/mol. The minimum absolute atomic E-state index is 0.0684. The van der Waals surface area contributed by atoms with Crippen LogP contribution in [0.4, 0.5) is 0 Å². The Hall–Kier alpha value is -0.360. The second-order valence-electron chi connectivity index (χ2n) is 4.80.